The van der Waals surface area contributed by atoms with E-state index in [-0.39, 0.29) is 10.9 Å². The van der Waals surface area contributed by atoms with E-state index in [4.69, 9.17) is 10.5 Å². The number of rotatable bonds is 3. The average molecular weight is 245 g/mol. The summed E-state index contributed by atoms with van der Waals surface area (Å²) >= 11 is 0. The maximum absolute atomic E-state index is 12.2. The molecule has 2 aliphatic rings. The van der Waals surface area contributed by atoms with Crippen LogP contribution in [0.5, 0.6) is 0 Å². The first kappa shape index (κ1) is 12.5. The van der Waals surface area contributed by atoms with Crippen molar-refractivity contribution in [3.05, 3.63) is 0 Å². The maximum atomic E-state index is 12.2. The van der Waals surface area contributed by atoms with Crippen molar-refractivity contribution < 1.29 is 8.95 Å². The third kappa shape index (κ3) is 2.49. The Morgan fingerprint density at radius 1 is 1.50 bits per heavy atom. The lowest BCUT2D eigenvalue weighted by atomic mass is 9.92. The fraction of sp³-hybridized carbons (Fsp3) is 1.00. The smallest absolute Gasteiger partial charge is 0.0694 e. The molecule has 1 aliphatic heterocycles. The van der Waals surface area contributed by atoms with Crippen LogP contribution in [0.3, 0.4) is 0 Å². The molecule has 0 radical (unpaired) electrons. The summed E-state index contributed by atoms with van der Waals surface area (Å²) in [5.74, 6) is 0. The second-order valence-corrected chi connectivity index (χ2v) is 7.36. The largest absolute Gasteiger partial charge is 0.375 e. The molecule has 1 saturated carbocycles. The minimum atomic E-state index is -0.778. The maximum Gasteiger partial charge on any atom is 0.0694 e. The molecule has 1 heterocycles. The van der Waals surface area contributed by atoms with E-state index in [2.05, 4.69) is 0 Å². The van der Waals surface area contributed by atoms with E-state index in [1.165, 1.54) is 12.8 Å². The standard InChI is InChI=1S/C12H23NO2S/c1-10(9-13)16(14)11-4-7-15-12(8-11)5-2-3-6-12/h10-11H,2-9,13H2,1H3. The Hall–Kier alpha value is 0.0700. The van der Waals surface area contributed by atoms with E-state index in [9.17, 15) is 4.21 Å². The number of hydrogen-bond donors (Lipinski definition) is 1. The minimum absolute atomic E-state index is 0.0763. The normalized spacial score (nSPS) is 32.8. The van der Waals surface area contributed by atoms with Crippen molar-refractivity contribution in [1.29, 1.82) is 0 Å². The van der Waals surface area contributed by atoms with Crippen molar-refractivity contribution in [3.63, 3.8) is 0 Å². The number of ether oxygens (including phenoxy) is 1. The van der Waals surface area contributed by atoms with Gasteiger partial charge in [0, 0.05) is 34.5 Å². The van der Waals surface area contributed by atoms with Gasteiger partial charge >= 0.3 is 0 Å². The molecule has 3 atom stereocenters. The van der Waals surface area contributed by atoms with Gasteiger partial charge in [-0.05, 0) is 32.6 Å². The van der Waals surface area contributed by atoms with Gasteiger partial charge in [-0.2, -0.15) is 0 Å². The molecule has 0 aromatic carbocycles. The molecular weight excluding hydrogens is 222 g/mol. The van der Waals surface area contributed by atoms with Crippen LogP contribution in [0.25, 0.3) is 0 Å². The molecule has 2 fully saturated rings. The van der Waals surface area contributed by atoms with E-state index in [0.717, 1.165) is 32.3 Å². The first-order valence-corrected chi connectivity index (χ1v) is 7.68. The highest BCUT2D eigenvalue weighted by atomic mass is 32.2. The van der Waals surface area contributed by atoms with Crippen molar-refractivity contribution in [3.8, 4) is 0 Å². The van der Waals surface area contributed by atoms with Crippen LogP contribution < -0.4 is 5.73 Å². The third-order valence-corrected chi connectivity index (χ3v) is 6.06. The Morgan fingerprint density at radius 2 is 2.19 bits per heavy atom. The van der Waals surface area contributed by atoms with Crippen molar-refractivity contribution in [2.45, 2.75) is 61.5 Å². The van der Waals surface area contributed by atoms with Crippen LogP contribution in [0.15, 0.2) is 0 Å². The lowest BCUT2D eigenvalue weighted by molar-refractivity contribution is -0.0709. The topological polar surface area (TPSA) is 52.3 Å². The lowest BCUT2D eigenvalue weighted by Gasteiger charge is -2.38. The first-order chi connectivity index (χ1) is 7.67. The number of hydrogen-bond acceptors (Lipinski definition) is 3. The number of nitrogens with two attached hydrogens (primary N) is 1. The first-order valence-electron chi connectivity index (χ1n) is 6.40. The van der Waals surface area contributed by atoms with Gasteiger partial charge in [0.1, 0.15) is 0 Å². The van der Waals surface area contributed by atoms with Crippen LogP contribution >= 0.6 is 0 Å². The van der Waals surface area contributed by atoms with Crippen LogP contribution in [-0.4, -0.2) is 33.5 Å². The predicted molar refractivity (Wildman–Crippen MR) is 66.8 cm³/mol. The van der Waals surface area contributed by atoms with Gasteiger partial charge in [0.05, 0.1) is 5.60 Å². The Labute approximate surface area is 101 Å². The summed E-state index contributed by atoms with van der Waals surface area (Å²) in [6.45, 7) is 3.30. The van der Waals surface area contributed by atoms with Gasteiger partial charge in [-0.15, -0.1) is 0 Å². The van der Waals surface area contributed by atoms with Crippen LogP contribution in [0.4, 0.5) is 0 Å². The molecule has 0 aromatic rings. The van der Waals surface area contributed by atoms with Gasteiger partial charge in [0.2, 0.25) is 0 Å². The summed E-state index contributed by atoms with van der Waals surface area (Å²) in [5, 5.41) is 0.437. The Kier molecular flexibility index (Phi) is 4.03. The van der Waals surface area contributed by atoms with Crippen LogP contribution in [0, 0.1) is 0 Å². The van der Waals surface area contributed by atoms with Crippen molar-refractivity contribution in [2.24, 2.45) is 5.73 Å². The zero-order chi connectivity index (χ0) is 11.6. The van der Waals surface area contributed by atoms with Crippen LogP contribution in [0.2, 0.25) is 0 Å². The second-order valence-electron chi connectivity index (χ2n) is 5.23. The highest BCUT2D eigenvalue weighted by Crippen LogP contribution is 2.41. The van der Waals surface area contributed by atoms with Crippen LogP contribution in [-0.2, 0) is 15.5 Å². The minimum Gasteiger partial charge on any atom is -0.375 e. The van der Waals surface area contributed by atoms with Gasteiger partial charge in [-0.1, -0.05) is 12.8 Å². The zero-order valence-corrected chi connectivity index (χ0v) is 10.9. The van der Waals surface area contributed by atoms with E-state index < -0.39 is 10.8 Å². The Bertz CT molecular complexity index is 264. The quantitative estimate of drug-likeness (QED) is 0.821. The van der Waals surface area contributed by atoms with Crippen molar-refractivity contribution >= 4 is 10.8 Å². The van der Waals surface area contributed by atoms with E-state index >= 15 is 0 Å². The highest BCUT2D eigenvalue weighted by Gasteiger charge is 2.42. The highest BCUT2D eigenvalue weighted by molar-refractivity contribution is 7.86. The summed E-state index contributed by atoms with van der Waals surface area (Å²) in [6, 6.07) is 0. The molecule has 0 bridgehead atoms. The summed E-state index contributed by atoms with van der Waals surface area (Å²) in [4.78, 5) is 0. The molecule has 1 spiro atoms. The van der Waals surface area contributed by atoms with E-state index in [1.807, 2.05) is 6.92 Å². The molecule has 3 unspecified atom stereocenters. The Morgan fingerprint density at radius 3 is 2.81 bits per heavy atom. The van der Waals surface area contributed by atoms with Crippen LogP contribution in [0.1, 0.15) is 45.4 Å². The Balaban J connectivity index is 1.98. The van der Waals surface area contributed by atoms with Gasteiger partial charge < -0.3 is 10.5 Å². The monoisotopic (exact) mass is 245 g/mol. The zero-order valence-electron chi connectivity index (χ0n) is 10.1. The molecule has 1 saturated heterocycles. The molecule has 0 aromatic heterocycles. The van der Waals surface area contributed by atoms with Gasteiger partial charge in [-0.3, -0.25) is 4.21 Å². The average Bonchev–Trinajstić information content (AvgIpc) is 2.75. The molecule has 16 heavy (non-hydrogen) atoms. The van der Waals surface area contributed by atoms with Gasteiger partial charge in [0.25, 0.3) is 0 Å². The van der Waals surface area contributed by atoms with Crippen molar-refractivity contribution in [2.75, 3.05) is 13.2 Å². The summed E-state index contributed by atoms with van der Waals surface area (Å²) in [7, 11) is -0.778. The summed E-state index contributed by atoms with van der Waals surface area (Å²) in [5.41, 5.74) is 5.68. The fourth-order valence-electron chi connectivity index (χ4n) is 2.97. The lowest BCUT2D eigenvalue weighted by Crippen LogP contribution is -2.43. The molecular formula is C12H23NO2S. The molecule has 2 N–H and O–H groups in total. The molecule has 4 heteroatoms. The summed E-state index contributed by atoms with van der Waals surface area (Å²) in [6.07, 6.45) is 6.80. The van der Waals surface area contributed by atoms with E-state index in [1.54, 1.807) is 0 Å². The fourth-order valence-corrected chi connectivity index (χ4v) is 4.62. The molecule has 3 nitrogen and oxygen atoms in total. The van der Waals surface area contributed by atoms with Crippen molar-refractivity contribution in [1.82, 2.24) is 0 Å². The predicted octanol–water partition coefficient (Wildman–Crippen LogP) is 1.57. The molecule has 1 aliphatic carbocycles. The van der Waals surface area contributed by atoms with E-state index in [0.29, 0.717) is 11.8 Å². The molecule has 0 amide bonds. The second kappa shape index (κ2) is 5.15. The van der Waals surface area contributed by atoms with Gasteiger partial charge in [-0.25, -0.2) is 0 Å². The third-order valence-electron chi connectivity index (χ3n) is 4.02. The molecule has 2 rings (SSSR count). The SMILES string of the molecule is CC(CN)S(=O)C1CCOC2(CCCC2)C1. The summed E-state index contributed by atoms with van der Waals surface area (Å²) < 4.78 is 18.2. The molecule has 94 valence electrons. The van der Waals surface area contributed by atoms with Gasteiger partial charge in [0.15, 0.2) is 0 Å².